The maximum atomic E-state index is 13.6. The SMILES string of the molecule is CC[C@@H]1C(C(=O)N(Cl)N2CCCCCC2)=NN(c2ccc(Cl)cc2Cl)[C@H]1c1ccc(Cl)cc1. The van der Waals surface area contributed by atoms with Crippen LogP contribution in [0.1, 0.15) is 50.6 Å². The van der Waals surface area contributed by atoms with Crippen LogP contribution in [0.25, 0.3) is 0 Å². The maximum absolute atomic E-state index is 13.6. The Morgan fingerprint density at radius 3 is 2.24 bits per heavy atom. The molecule has 0 radical (unpaired) electrons. The number of hydrazine groups is 1. The van der Waals surface area contributed by atoms with Gasteiger partial charge in [0, 0.05) is 40.8 Å². The van der Waals surface area contributed by atoms with E-state index in [1.165, 1.54) is 4.53 Å². The Morgan fingerprint density at radius 2 is 1.64 bits per heavy atom. The number of nitrogens with zero attached hydrogens (tertiary/aromatic N) is 4. The quantitative estimate of drug-likeness (QED) is 0.381. The van der Waals surface area contributed by atoms with Crippen LogP contribution in [0.5, 0.6) is 0 Å². The topological polar surface area (TPSA) is 39.2 Å². The molecule has 4 rings (SSSR count). The van der Waals surface area contributed by atoms with Gasteiger partial charge in [0.15, 0.2) is 0 Å². The summed E-state index contributed by atoms with van der Waals surface area (Å²) in [5, 5.41) is 10.2. The fourth-order valence-electron chi connectivity index (χ4n) is 4.55. The van der Waals surface area contributed by atoms with E-state index in [2.05, 4.69) is 0 Å². The van der Waals surface area contributed by atoms with Crippen molar-refractivity contribution < 1.29 is 4.79 Å². The monoisotopic (exact) mass is 526 g/mol. The molecule has 33 heavy (non-hydrogen) atoms. The third kappa shape index (κ3) is 5.28. The summed E-state index contributed by atoms with van der Waals surface area (Å²) in [6, 6.07) is 12.6. The van der Waals surface area contributed by atoms with Crippen LogP contribution in [-0.2, 0) is 4.79 Å². The molecule has 2 aromatic carbocycles. The lowest BCUT2D eigenvalue weighted by molar-refractivity contribution is -0.130. The van der Waals surface area contributed by atoms with Crippen LogP contribution in [0.4, 0.5) is 5.69 Å². The van der Waals surface area contributed by atoms with Gasteiger partial charge in [-0.25, -0.2) is 5.01 Å². The lowest BCUT2D eigenvalue weighted by Crippen LogP contribution is -2.45. The lowest BCUT2D eigenvalue weighted by Gasteiger charge is -2.30. The summed E-state index contributed by atoms with van der Waals surface area (Å²) in [5.41, 5.74) is 2.08. The number of hydrogen-bond donors (Lipinski definition) is 0. The summed E-state index contributed by atoms with van der Waals surface area (Å²) in [5.74, 6) is -0.476. The molecule has 0 saturated carbocycles. The average Bonchev–Trinajstić information content (AvgIpc) is 2.97. The van der Waals surface area contributed by atoms with Gasteiger partial charge in [0.2, 0.25) is 0 Å². The minimum atomic E-state index is -0.294. The molecule has 2 aliphatic rings. The van der Waals surface area contributed by atoms with Gasteiger partial charge in [0.25, 0.3) is 5.91 Å². The zero-order valence-corrected chi connectivity index (χ0v) is 21.4. The van der Waals surface area contributed by atoms with Crippen LogP contribution in [0.3, 0.4) is 0 Å². The minimum absolute atomic E-state index is 0.182. The molecule has 2 aliphatic heterocycles. The number of carbonyl (C=O) groups is 1. The van der Waals surface area contributed by atoms with Gasteiger partial charge in [-0.15, -0.1) is 0 Å². The molecule has 0 N–H and O–H groups in total. The first kappa shape index (κ1) is 24.6. The summed E-state index contributed by atoms with van der Waals surface area (Å²) >= 11 is 25.4. The number of benzene rings is 2. The van der Waals surface area contributed by atoms with Gasteiger partial charge in [-0.1, -0.05) is 66.7 Å². The third-order valence-electron chi connectivity index (χ3n) is 6.24. The lowest BCUT2D eigenvalue weighted by atomic mass is 9.87. The van der Waals surface area contributed by atoms with E-state index >= 15 is 0 Å². The second-order valence-corrected chi connectivity index (χ2v) is 9.97. The Kier molecular flexibility index (Phi) is 8.08. The van der Waals surface area contributed by atoms with E-state index in [0.717, 1.165) is 44.3 Å². The van der Waals surface area contributed by atoms with Gasteiger partial charge in [-0.3, -0.25) is 9.80 Å². The van der Waals surface area contributed by atoms with Crippen molar-refractivity contribution in [1.29, 1.82) is 0 Å². The summed E-state index contributed by atoms with van der Waals surface area (Å²) in [4.78, 5) is 13.6. The number of rotatable bonds is 5. The second-order valence-electron chi connectivity index (χ2n) is 8.37. The standard InChI is InChI=1S/C24H26Cl4N4O/c1-2-19-22(24(33)32(28)30-13-5-3-4-6-14-30)29-31(21-12-11-18(26)15-20(21)27)23(19)16-7-9-17(25)10-8-16/h7-12,15,19,23H,2-6,13-14H2,1H3/t19-,23+/m1/s1. The average molecular weight is 528 g/mol. The first-order valence-corrected chi connectivity index (χ1v) is 12.7. The molecule has 1 saturated heterocycles. The van der Waals surface area contributed by atoms with E-state index in [-0.39, 0.29) is 17.9 Å². The Labute approximate surface area is 214 Å². The predicted octanol–water partition coefficient (Wildman–Crippen LogP) is 7.36. The van der Waals surface area contributed by atoms with Crippen LogP contribution < -0.4 is 5.01 Å². The Bertz CT molecular complexity index is 1020. The van der Waals surface area contributed by atoms with Crippen LogP contribution in [0.15, 0.2) is 47.6 Å². The molecule has 0 aliphatic carbocycles. The highest BCUT2D eigenvalue weighted by atomic mass is 35.5. The van der Waals surface area contributed by atoms with E-state index in [4.69, 9.17) is 51.7 Å². The molecule has 0 aromatic heterocycles. The van der Waals surface area contributed by atoms with Gasteiger partial charge < -0.3 is 0 Å². The molecule has 9 heteroatoms. The van der Waals surface area contributed by atoms with Crippen LogP contribution >= 0.6 is 46.6 Å². The number of carbonyl (C=O) groups excluding carboxylic acids is 1. The highest BCUT2D eigenvalue weighted by Crippen LogP contribution is 2.44. The molecule has 1 fully saturated rings. The number of amides is 1. The number of anilines is 1. The largest absolute Gasteiger partial charge is 0.299 e. The van der Waals surface area contributed by atoms with Crippen LogP contribution in [-0.4, -0.2) is 34.2 Å². The Hall–Kier alpha value is -1.50. The van der Waals surface area contributed by atoms with Crippen molar-refractivity contribution >= 4 is 63.9 Å². The van der Waals surface area contributed by atoms with Crippen molar-refractivity contribution in [3.8, 4) is 0 Å². The number of hydrogen-bond acceptors (Lipinski definition) is 4. The normalized spacial score (nSPS) is 21.6. The van der Waals surface area contributed by atoms with Crippen molar-refractivity contribution in [3.63, 3.8) is 0 Å². The van der Waals surface area contributed by atoms with Gasteiger partial charge in [-0.05, 0) is 55.2 Å². The molecule has 5 nitrogen and oxygen atoms in total. The van der Waals surface area contributed by atoms with Crippen molar-refractivity contribution in [2.75, 3.05) is 18.1 Å². The van der Waals surface area contributed by atoms with E-state index in [1.807, 2.05) is 47.3 Å². The smallest absolute Gasteiger partial charge is 0.265 e. The van der Waals surface area contributed by atoms with E-state index in [0.29, 0.717) is 32.9 Å². The first-order chi connectivity index (χ1) is 15.9. The van der Waals surface area contributed by atoms with E-state index in [9.17, 15) is 4.79 Å². The molecular weight excluding hydrogens is 502 g/mol. The van der Waals surface area contributed by atoms with E-state index < -0.39 is 0 Å². The number of halogens is 4. The predicted molar refractivity (Wildman–Crippen MR) is 137 cm³/mol. The van der Waals surface area contributed by atoms with Gasteiger partial charge in [-0.2, -0.15) is 9.63 Å². The summed E-state index contributed by atoms with van der Waals surface area (Å²) in [6.45, 7) is 3.56. The Balaban J connectivity index is 1.74. The van der Waals surface area contributed by atoms with Crippen molar-refractivity contribution in [1.82, 2.24) is 9.54 Å². The summed E-state index contributed by atoms with van der Waals surface area (Å²) in [7, 11) is 0. The van der Waals surface area contributed by atoms with Gasteiger partial charge >= 0.3 is 0 Å². The fourth-order valence-corrected chi connectivity index (χ4v) is 5.41. The van der Waals surface area contributed by atoms with Crippen molar-refractivity contribution in [2.24, 2.45) is 11.0 Å². The zero-order valence-electron chi connectivity index (χ0n) is 18.4. The molecular formula is C24H26Cl4N4O. The van der Waals surface area contributed by atoms with Crippen LogP contribution in [0, 0.1) is 5.92 Å². The maximum Gasteiger partial charge on any atom is 0.299 e. The molecule has 2 heterocycles. The summed E-state index contributed by atoms with van der Waals surface area (Å²) in [6.07, 6.45) is 5.02. The Morgan fingerprint density at radius 1 is 1.00 bits per heavy atom. The minimum Gasteiger partial charge on any atom is -0.265 e. The van der Waals surface area contributed by atoms with E-state index in [1.54, 1.807) is 12.1 Å². The van der Waals surface area contributed by atoms with Gasteiger partial charge in [0.1, 0.15) is 5.71 Å². The molecule has 0 spiro atoms. The van der Waals surface area contributed by atoms with Crippen LogP contribution in [0.2, 0.25) is 15.1 Å². The molecule has 1 amide bonds. The molecule has 0 unspecified atom stereocenters. The van der Waals surface area contributed by atoms with Crippen molar-refractivity contribution in [2.45, 2.75) is 45.1 Å². The second kappa shape index (κ2) is 10.8. The molecule has 176 valence electrons. The van der Waals surface area contributed by atoms with Gasteiger partial charge in [0.05, 0.1) is 16.8 Å². The molecule has 2 atom stereocenters. The van der Waals surface area contributed by atoms with Crippen molar-refractivity contribution in [3.05, 3.63) is 63.1 Å². The molecule has 2 aromatic rings. The zero-order chi connectivity index (χ0) is 23.5. The third-order valence-corrected chi connectivity index (χ3v) is 7.39. The summed E-state index contributed by atoms with van der Waals surface area (Å²) < 4.78 is 1.23. The highest BCUT2D eigenvalue weighted by Gasteiger charge is 2.43. The first-order valence-electron chi connectivity index (χ1n) is 11.2. The number of hydrazone groups is 1. The molecule has 0 bridgehead atoms. The highest BCUT2D eigenvalue weighted by molar-refractivity contribution is 6.46. The fraction of sp³-hybridized carbons (Fsp3) is 0.417.